The highest BCUT2D eigenvalue weighted by Crippen LogP contribution is 2.18. The zero-order valence-electron chi connectivity index (χ0n) is 11.1. The van der Waals surface area contributed by atoms with Crippen LogP contribution >= 0.6 is 0 Å². The van der Waals surface area contributed by atoms with Gasteiger partial charge in [-0.25, -0.2) is 4.98 Å². The molecule has 5 heteroatoms. The Balaban J connectivity index is 1.94. The van der Waals surface area contributed by atoms with Gasteiger partial charge in [0.15, 0.2) is 0 Å². The second kappa shape index (κ2) is 6.31. The van der Waals surface area contributed by atoms with Crippen molar-refractivity contribution in [3.05, 3.63) is 24.4 Å². The van der Waals surface area contributed by atoms with Crippen LogP contribution in [-0.4, -0.2) is 34.8 Å². The topological polar surface area (TPSA) is 62.3 Å². The first-order valence-corrected chi connectivity index (χ1v) is 6.70. The maximum absolute atomic E-state index is 12.1. The normalized spacial score (nSPS) is 19.0. The minimum atomic E-state index is -0.133. The number of hydrogen-bond acceptors (Lipinski definition) is 3. The average molecular weight is 261 g/mol. The van der Waals surface area contributed by atoms with Gasteiger partial charge >= 0.3 is 0 Å². The predicted octanol–water partition coefficient (Wildman–Crippen LogP) is 1.67. The largest absolute Gasteiger partial charge is 0.342 e. The third kappa shape index (κ3) is 3.53. The van der Waals surface area contributed by atoms with Crippen molar-refractivity contribution in [2.75, 3.05) is 18.4 Å². The fraction of sp³-hybridized carbons (Fsp3) is 0.500. The Labute approximate surface area is 113 Å². The molecular weight excluding hydrogens is 242 g/mol. The summed E-state index contributed by atoms with van der Waals surface area (Å²) in [6.45, 7) is 3.13. The van der Waals surface area contributed by atoms with Gasteiger partial charge < -0.3 is 10.2 Å². The Morgan fingerprint density at radius 3 is 3.00 bits per heavy atom. The van der Waals surface area contributed by atoms with Crippen molar-refractivity contribution in [2.24, 2.45) is 5.92 Å². The van der Waals surface area contributed by atoms with Crippen LogP contribution in [0.15, 0.2) is 24.4 Å². The van der Waals surface area contributed by atoms with Crippen molar-refractivity contribution in [2.45, 2.75) is 26.2 Å². The Morgan fingerprint density at radius 1 is 1.47 bits per heavy atom. The number of likely N-dealkylation sites (tertiary alicyclic amines) is 1. The highest BCUT2D eigenvalue weighted by atomic mass is 16.2. The molecule has 1 unspecified atom stereocenters. The van der Waals surface area contributed by atoms with E-state index >= 15 is 0 Å². The fourth-order valence-electron chi connectivity index (χ4n) is 2.31. The smallest absolute Gasteiger partial charge is 0.230 e. The van der Waals surface area contributed by atoms with Crippen molar-refractivity contribution in [3.8, 4) is 0 Å². The van der Waals surface area contributed by atoms with Crippen LogP contribution in [0, 0.1) is 5.92 Å². The van der Waals surface area contributed by atoms with Gasteiger partial charge in [0.25, 0.3) is 0 Å². The number of aromatic nitrogens is 1. The van der Waals surface area contributed by atoms with Crippen LogP contribution in [0.5, 0.6) is 0 Å². The molecule has 2 heterocycles. The predicted molar refractivity (Wildman–Crippen MR) is 72.5 cm³/mol. The summed E-state index contributed by atoms with van der Waals surface area (Å²) in [6, 6.07) is 5.39. The number of piperidine rings is 1. The number of pyridine rings is 1. The number of anilines is 1. The Hall–Kier alpha value is -1.91. The standard InChI is InChI=1S/C14H19N3O2/c1-2-13(18)17-9-5-6-11(10-17)14(19)16-12-7-3-4-8-15-12/h3-4,7-8,11H,2,5-6,9-10H2,1H3,(H,15,16,19). The molecule has 1 atom stereocenters. The third-order valence-electron chi connectivity index (χ3n) is 3.36. The number of carbonyl (C=O) groups excluding carboxylic acids is 2. The van der Waals surface area contributed by atoms with E-state index in [1.807, 2.05) is 13.0 Å². The van der Waals surface area contributed by atoms with Crippen LogP contribution in [0.2, 0.25) is 0 Å². The quantitative estimate of drug-likeness (QED) is 0.900. The van der Waals surface area contributed by atoms with Crippen LogP contribution in [0.1, 0.15) is 26.2 Å². The van der Waals surface area contributed by atoms with Gasteiger partial charge in [0.05, 0.1) is 5.92 Å². The van der Waals surface area contributed by atoms with Gasteiger partial charge in [-0.15, -0.1) is 0 Å². The molecule has 5 nitrogen and oxygen atoms in total. The van der Waals surface area contributed by atoms with Gasteiger partial charge in [-0.2, -0.15) is 0 Å². The molecule has 0 radical (unpaired) electrons. The van der Waals surface area contributed by atoms with E-state index < -0.39 is 0 Å². The lowest BCUT2D eigenvalue weighted by molar-refractivity contribution is -0.134. The van der Waals surface area contributed by atoms with E-state index in [4.69, 9.17) is 0 Å². The Kier molecular flexibility index (Phi) is 4.49. The molecular formula is C14H19N3O2. The van der Waals surface area contributed by atoms with Gasteiger partial charge in [-0.1, -0.05) is 13.0 Å². The first-order valence-electron chi connectivity index (χ1n) is 6.70. The second-order valence-electron chi connectivity index (χ2n) is 4.74. The van der Waals surface area contributed by atoms with Crippen molar-refractivity contribution in [1.82, 2.24) is 9.88 Å². The Bertz CT molecular complexity index is 447. The third-order valence-corrected chi connectivity index (χ3v) is 3.36. The molecule has 0 aromatic carbocycles. The summed E-state index contributed by atoms with van der Waals surface area (Å²) in [7, 11) is 0. The lowest BCUT2D eigenvalue weighted by Crippen LogP contribution is -2.43. The summed E-state index contributed by atoms with van der Waals surface area (Å²) >= 11 is 0. The van der Waals surface area contributed by atoms with Gasteiger partial charge in [0.2, 0.25) is 11.8 Å². The minimum absolute atomic E-state index is 0.0488. The second-order valence-corrected chi connectivity index (χ2v) is 4.74. The van der Waals surface area contributed by atoms with Crippen LogP contribution < -0.4 is 5.32 Å². The zero-order valence-corrected chi connectivity index (χ0v) is 11.1. The summed E-state index contributed by atoms with van der Waals surface area (Å²) < 4.78 is 0. The van der Waals surface area contributed by atoms with Crippen molar-refractivity contribution in [1.29, 1.82) is 0 Å². The highest BCUT2D eigenvalue weighted by Gasteiger charge is 2.27. The number of rotatable bonds is 3. The van der Waals surface area contributed by atoms with E-state index in [0.29, 0.717) is 18.8 Å². The maximum Gasteiger partial charge on any atom is 0.230 e. The molecule has 19 heavy (non-hydrogen) atoms. The molecule has 0 spiro atoms. The van der Waals surface area contributed by atoms with Crippen LogP contribution in [-0.2, 0) is 9.59 Å². The first-order chi connectivity index (χ1) is 9.20. The molecule has 0 saturated carbocycles. The van der Waals surface area contributed by atoms with Crippen molar-refractivity contribution in [3.63, 3.8) is 0 Å². The molecule has 0 bridgehead atoms. The molecule has 1 aliphatic rings. The average Bonchev–Trinajstić information content (AvgIpc) is 2.47. The molecule has 0 aliphatic carbocycles. The highest BCUT2D eigenvalue weighted by molar-refractivity contribution is 5.92. The van der Waals surface area contributed by atoms with Crippen molar-refractivity contribution < 1.29 is 9.59 Å². The summed E-state index contributed by atoms with van der Waals surface area (Å²) in [5.41, 5.74) is 0. The lowest BCUT2D eigenvalue weighted by atomic mass is 9.97. The molecule has 2 amide bonds. The molecule has 1 aromatic heterocycles. The SMILES string of the molecule is CCC(=O)N1CCCC(C(=O)Nc2ccccn2)C1. The van der Waals surface area contributed by atoms with Crippen LogP contribution in [0.25, 0.3) is 0 Å². The minimum Gasteiger partial charge on any atom is -0.342 e. The number of nitrogens with one attached hydrogen (secondary N) is 1. The molecule has 102 valence electrons. The van der Waals surface area contributed by atoms with Crippen molar-refractivity contribution >= 4 is 17.6 Å². The zero-order chi connectivity index (χ0) is 13.7. The van der Waals surface area contributed by atoms with Gasteiger partial charge in [-0.3, -0.25) is 9.59 Å². The maximum atomic E-state index is 12.1. The van der Waals surface area contributed by atoms with Gasteiger partial charge in [-0.05, 0) is 25.0 Å². The summed E-state index contributed by atoms with van der Waals surface area (Å²) in [6.07, 6.45) is 3.84. The molecule has 1 saturated heterocycles. The van der Waals surface area contributed by atoms with Gasteiger partial charge in [0, 0.05) is 25.7 Å². The molecule has 1 N–H and O–H groups in total. The van der Waals surface area contributed by atoms with E-state index in [0.717, 1.165) is 19.4 Å². The molecule has 2 rings (SSSR count). The van der Waals surface area contributed by atoms with Crippen LogP contribution in [0.3, 0.4) is 0 Å². The summed E-state index contributed by atoms with van der Waals surface area (Å²) in [4.78, 5) is 29.7. The number of carbonyl (C=O) groups is 2. The number of amides is 2. The van der Waals surface area contributed by atoms with E-state index in [2.05, 4.69) is 10.3 Å². The fourth-order valence-corrected chi connectivity index (χ4v) is 2.31. The number of nitrogens with zero attached hydrogens (tertiary/aromatic N) is 2. The van der Waals surface area contributed by atoms with E-state index in [9.17, 15) is 9.59 Å². The Morgan fingerprint density at radius 2 is 2.32 bits per heavy atom. The molecule has 1 aliphatic heterocycles. The number of hydrogen-bond donors (Lipinski definition) is 1. The van der Waals surface area contributed by atoms with Crippen LogP contribution in [0.4, 0.5) is 5.82 Å². The monoisotopic (exact) mass is 261 g/mol. The molecule has 1 fully saturated rings. The summed E-state index contributed by atoms with van der Waals surface area (Å²) in [5.74, 6) is 0.500. The van der Waals surface area contributed by atoms with E-state index in [1.54, 1.807) is 23.2 Å². The molecule has 1 aromatic rings. The first kappa shape index (κ1) is 13.5. The van der Waals surface area contributed by atoms with E-state index in [-0.39, 0.29) is 17.7 Å². The lowest BCUT2D eigenvalue weighted by Gasteiger charge is -2.31. The summed E-state index contributed by atoms with van der Waals surface area (Å²) in [5, 5.41) is 2.80. The van der Waals surface area contributed by atoms with Gasteiger partial charge in [0.1, 0.15) is 5.82 Å². The van der Waals surface area contributed by atoms with E-state index in [1.165, 1.54) is 0 Å².